The SMILES string of the molecule is CCc1c(C)c(C(C)=O)n(C)c1-c1ccc(S(C)(=O)=O)cc1. The highest BCUT2D eigenvalue weighted by atomic mass is 32.2. The van der Waals surface area contributed by atoms with E-state index in [9.17, 15) is 13.2 Å². The Morgan fingerprint density at radius 1 is 1.18 bits per heavy atom. The third-order valence-corrected chi connectivity index (χ3v) is 5.14. The van der Waals surface area contributed by atoms with Gasteiger partial charge in [-0.2, -0.15) is 0 Å². The zero-order valence-corrected chi connectivity index (χ0v) is 14.4. The van der Waals surface area contributed by atoms with Crippen molar-refractivity contribution in [2.45, 2.75) is 32.1 Å². The molecule has 2 rings (SSSR count). The zero-order chi connectivity index (χ0) is 16.7. The summed E-state index contributed by atoms with van der Waals surface area (Å²) in [4.78, 5) is 12.2. The molecule has 0 saturated heterocycles. The average molecular weight is 319 g/mol. The number of hydrogen-bond acceptors (Lipinski definition) is 3. The van der Waals surface area contributed by atoms with Gasteiger partial charge in [0.15, 0.2) is 15.6 Å². The van der Waals surface area contributed by atoms with Gasteiger partial charge < -0.3 is 4.57 Å². The number of benzene rings is 1. The fourth-order valence-electron chi connectivity index (χ4n) is 3.05. The van der Waals surface area contributed by atoms with Gasteiger partial charge >= 0.3 is 0 Å². The molecule has 22 heavy (non-hydrogen) atoms. The molecule has 4 nitrogen and oxygen atoms in total. The van der Waals surface area contributed by atoms with Gasteiger partial charge in [-0.25, -0.2) is 8.42 Å². The van der Waals surface area contributed by atoms with E-state index in [0.717, 1.165) is 28.8 Å². The lowest BCUT2D eigenvalue weighted by Gasteiger charge is -2.09. The number of carbonyl (C=O) groups excluding carboxylic acids is 1. The van der Waals surface area contributed by atoms with Gasteiger partial charge in [-0.3, -0.25) is 4.79 Å². The van der Waals surface area contributed by atoms with Crippen molar-refractivity contribution < 1.29 is 13.2 Å². The molecule has 0 aliphatic carbocycles. The standard InChI is InChI=1S/C17H21NO3S/c1-6-15-11(2)16(12(3)19)18(4)17(15)13-7-9-14(10-8-13)22(5,20)21/h7-10H,6H2,1-5H3. The van der Waals surface area contributed by atoms with Crippen LogP contribution in [0.25, 0.3) is 11.3 Å². The molecule has 5 heteroatoms. The Bertz CT molecular complexity index is 828. The highest BCUT2D eigenvalue weighted by Gasteiger charge is 2.20. The Morgan fingerprint density at radius 3 is 2.14 bits per heavy atom. The molecule has 0 fully saturated rings. The molecule has 1 aromatic carbocycles. The first-order chi connectivity index (χ1) is 10.2. The van der Waals surface area contributed by atoms with E-state index in [4.69, 9.17) is 0 Å². The number of rotatable bonds is 4. The Kier molecular flexibility index (Phi) is 4.29. The van der Waals surface area contributed by atoms with E-state index < -0.39 is 9.84 Å². The van der Waals surface area contributed by atoms with E-state index in [-0.39, 0.29) is 5.78 Å². The van der Waals surface area contributed by atoms with Crippen LogP contribution in [0, 0.1) is 6.92 Å². The smallest absolute Gasteiger partial charge is 0.176 e. The van der Waals surface area contributed by atoms with Crippen LogP contribution in [0.2, 0.25) is 0 Å². The van der Waals surface area contributed by atoms with Crippen molar-refractivity contribution in [1.82, 2.24) is 4.57 Å². The van der Waals surface area contributed by atoms with Crippen LogP contribution in [-0.2, 0) is 23.3 Å². The fourth-order valence-corrected chi connectivity index (χ4v) is 3.68. The molecule has 118 valence electrons. The van der Waals surface area contributed by atoms with Crippen LogP contribution in [0.5, 0.6) is 0 Å². The number of hydrogen-bond donors (Lipinski definition) is 0. The topological polar surface area (TPSA) is 56.1 Å². The predicted molar refractivity (Wildman–Crippen MR) is 88.1 cm³/mol. The van der Waals surface area contributed by atoms with Gasteiger partial charge in [-0.1, -0.05) is 19.1 Å². The van der Waals surface area contributed by atoms with Crippen molar-refractivity contribution in [2.75, 3.05) is 6.26 Å². The van der Waals surface area contributed by atoms with Crippen LogP contribution in [0.4, 0.5) is 0 Å². The zero-order valence-electron chi connectivity index (χ0n) is 13.6. The molecule has 0 spiro atoms. The second kappa shape index (κ2) is 5.72. The first kappa shape index (κ1) is 16.5. The number of aromatic nitrogens is 1. The van der Waals surface area contributed by atoms with E-state index in [2.05, 4.69) is 6.92 Å². The molecule has 0 atom stereocenters. The molecular formula is C17H21NO3S. The van der Waals surface area contributed by atoms with Gasteiger partial charge in [0, 0.05) is 20.2 Å². The maximum Gasteiger partial charge on any atom is 0.176 e. The molecule has 2 aromatic rings. The third kappa shape index (κ3) is 2.73. The van der Waals surface area contributed by atoms with E-state index in [1.165, 1.54) is 6.26 Å². The largest absolute Gasteiger partial charge is 0.341 e. The molecule has 1 heterocycles. The first-order valence-electron chi connectivity index (χ1n) is 7.18. The predicted octanol–water partition coefficient (Wildman–Crippen LogP) is 3.17. The number of nitrogens with zero attached hydrogens (tertiary/aromatic N) is 1. The van der Waals surface area contributed by atoms with Crippen molar-refractivity contribution in [1.29, 1.82) is 0 Å². The van der Waals surface area contributed by atoms with E-state index >= 15 is 0 Å². The first-order valence-corrected chi connectivity index (χ1v) is 9.07. The van der Waals surface area contributed by atoms with Crippen molar-refractivity contribution >= 4 is 15.6 Å². The lowest BCUT2D eigenvalue weighted by atomic mass is 10.0. The molecule has 0 aliphatic heterocycles. The summed E-state index contributed by atoms with van der Waals surface area (Å²) >= 11 is 0. The summed E-state index contributed by atoms with van der Waals surface area (Å²) < 4.78 is 25.0. The molecule has 0 aliphatic rings. The Morgan fingerprint density at radius 2 is 1.73 bits per heavy atom. The molecule has 1 aromatic heterocycles. The molecule has 0 bridgehead atoms. The molecule has 0 amide bonds. The molecular weight excluding hydrogens is 298 g/mol. The van der Waals surface area contributed by atoms with Crippen LogP contribution >= 0.6 is 0 Å². The van der Waals surface area contributed by atoms with Crippen LogP contribution in [0.1, 0.15) is 35.5 Å². The maximum atomic E-state index is 11.9. The maximum absolute atomic E-state index is 11.9. The normalized spacial score (nSPS) is 11.7. The van der Waals surface area contributed by atoms with Crippen LogP contribution in [0.3, 0.4) is 0 Å². The lowest BCUT2D eigenvalue weighted by Crippen LogP contribution is -2.04. The van der Waals surface area contributed by atoms with Gasteiger partial charge in [-0.05, 0) is 42.2 Å². The van der Waals surface area contributed by atoms with Gasteiger partial charge in [0.1, 0.15) is 0 Å². The van der Waals surface area contributed by atoms with E-state index in [1.807, 2.05) is 18.5 Å². The molecule has 0 radical (unpaired) electrons. The summed E-state index contributed by atoms with van der Waals surface area (Å²) in [5, 5.41) is 0. The summed E-state index contributed by atoms with van der Waals surface area (Å²) in [5.74, 6) is 0.0358. The summed E-state index contributed by atoms with van der Waals surface area (Å²) in [6.07, 6.45) is 2.01. The average Bonchev–Trinajstić information content (AvgIpc) is 2.68. The van der Waals surface area contributed by atoms with Crippen LogP contribution < -0.4 is 0 Å². The van der Waals surface area contributed by atoms with Crippen LogP contribution in [0.15, 0.2) is 29.2 Å². The second-order valence-electron chi connectivity index (χ2n) is 5.57. The number of ketones is 1. The number of sulfone groups is 1. The minimum Gasteiger partial charge on any atom is -0.341 e. The van der Waals surface area contributed by atoms with Crippen LogP contribution in [-0.4, -0.2) is 25.0 Å². The molecule has 0 unspecified atom stereocenters. The Hall–Kier alpha value is -1.88. The molecule has 0 N–H and O–H groups in total. The summed E-state index contributed by atoms with van der Waals surface area (Å²) in [5.41, 5.74) is 4.73. The molecule has 0 saturated carbocycles. The van der Waals surface area contributed by atoms with Crippen molar-refractivity contribution in [3.63, 3.8) is 0 Å². The van der Waals surface area contributed by atoms with E-state index in [1.54, 1.807) is 31.2 Å². The number of Topliss-reactive ketones (excluding diaryl/α,β-unsaturated/α-hetero) is 1. The summed E-state index contributed by atoms with van der Waals surface area (Å²) in [7, 11) is -1.33. The van der Waals surface area contributed by atoms with E-state index in [0.29, 0.717) is 10.6 Å². The minimum atomic E-state index is -3.20. The van der Waals surface area contributed by atoms with Gasteiger partial charge in [-0.15, -0.1) is 0 Å². The Labute approximate surface area is 131 Å². The quantitative estimate of drug-likeness (QED) is 0.813. The highest BCUT2D eigenvalue weighted by molar-refractivity contribution is 7.90. The van der Waals surface area contributed by atoms with Crippen molar-refractivity contribution in [3.05, 3.63) is 41.1 Å². The summed E-state index contributed by atoms with van der Waals surface area (Å²) in [6.45, 7) is 5.59. The monoisotopic (exact) mass is 319 g/mol. The second-order valence-corrected chi connectivity index (χ2v) is 7.58. The fraction of sp³-hybridized carbons (Fsp3) is 0.353. The minimum absolute atomic E-state index is 0.0358. The Balaban J connectivity index is 2.67. The van der Waals surface area contributed by atoms with Gasteiger partial charge in [0.2, 0.25) is 0 Å². The number of carbonyl (C=O) groups is 1. The van der Waals surface area contributed by atoms with Crippen molar-refractivity contribution in [2.24, 2.45) is 7.05 Å². The lowest BCUT2D eigenvalue weighted by molar-refractivity contribution is 0.100. The third-order valence-electron chi connectivity index (χ3n) is 4.01. The van der Waals surface area contributed by atoms with Gasteiger partial charge in [0.25, 0.3) is 0 Å². The highest BCUT2D eigenvalue weighted by Crippen LogP contribution is 2.32. The van der Waals surface area contributed by atoms with Gasteiger partial charge in [0.05, 0.1) is 16.3 Å². The summed E-state index contributed by atoms with van der Waals surface area (Å²) in [6, 6.07) is 6.82. The van der Waals surface area contributed by atoms with Crippen molar-refractivity contribution in [3.8, 4) is 11.3 Å².